The van der Waals surface area contributed by atoms with E-state index in [0.29, 0.717) is 46.6 Å². The van der Waals surface area contributed by atoms with Crippen molar-refractivity contribution in [2.24, 2.45) is 5.73 Å². The molecule has 0 bridgehead atoms. The van der Waals surface area contributed by atoms with Crippen molar-refractivity contribution in [1.82, 2.24) is 24.5 Å². The molecule has 3 N–H and O–H groups in total. The molecule has 4 heterocycles. The van der Waals surface area contributed by atoms with Gasteiger partial charge in [0.2, 0.25) is 0 Å². The molecule has 0 aliphatic carbocycles. The molecule has 0 atom stereocenters. The van der Waals surface area contributed by atoms with E-state index in [9.17, 15) is 18.4 Å². The van der Waals surface area contributed by atoms with Crippen molar-refractivity contribution in [2.75, 3.05) is 5.32 Å². The largest absolute Gasteiger partial charge is 0.365 e. The van der Waals surface area contributed by atoms with E-state index in [-0.39, 0.29) is 15.4 Å². The van der Waals surface area contributed by atoms with Gasteiger partial charge in [0.15, 0.2) is 0 Å². The molecule has 0 radical (unpaired) electrons. The van der Waals surface area contributed by atoms with Crippen molar-refractivity contribution in [2.45, 2.75) is 54.1 Å². The number of pyridine rings is 1. The van der Waals surface area contributed by atoms with Gasteiger partial charge >= 0.3 is 0 Å². The molecule has 12 heteroatoms. The van der Waals surface area contributed by atoms with Crippen LogP contribution in [-0.2, 0) is 13.1 Å². The molecule has 0 spiro atoms. The lowest BCUT2D eigenvalue weighted by Crippen LogP contribution is -2.18. The third-order valence-electron chi connectivity index (χ3n) is 5.97. The standard InChI is InChI=1S/C23H25F2N7O2S/c1-6-31-11(4)14(9-27-31)13-8-15(20(24)25)28-23-17(13)18(19(35-23)21(26)33)29-22(34)16-10(3)30-32(7-2)12(16)5/h8-9,20H,6-7H2,1-5H3,(H2,26,33)(H,29,34). The lowest BCUT2D eigenvalue weighted by atomic mass is 10.0. The number of thiophene rings is 1. The fraction of sp³-hybridized carbons (Fsp3) is 0.348. The second kappa shape index (κ2) is 9.17. The zero-order valence-corrected chi connectivity index (χ0v) is 20.8. The molecule has 184 valence electrons. The molecule has 0 unspecified atom stereocenters. The van der Waals surface area contributed by atoms with Gasteiger partial charge < -0.3 is 11.1 Å². The number of nitrogens with one attached hydrogen (secondary N) is 1. The summed E-state index contributed by atoms with van der Waals surface area (Å²) >= 11 is 0.864. The molecular formula is C23H25F2N7O2S. The highest BCUT2D eigenvalue weighted by Crippen LogP contribution is 2.43. The highest BCUT2D eigenvalue weighted by molar-refractivity contribution is 7.21. The summed E-state index contributed by atoms with van der Waals surface area (Å²) in [5, 5.41) is 11.9. The normalized spacial score (nSPS) is 11.5. The summed E-state index contributed by atoms with van der Waals surface area (Å²) in [5.41, 5.74) is 8.62. The Morgan fingerprint density at radius 1 is 1.11 bits per heavy atom. The van der Waals surface area contributed by atoms with Gasteiger partial charge in [0.05, 0.1) is 23.1 Å². The van der Waals surface area contributed by atoms with Gasteiger partial charge in [0.25, 0.3) is 18.2 Å². The van der Waals surface area contributed by atoms with Gasteiger partial charge in [-0.05, 0) is 46.2 Å². The van der Waals surface area contributed by atoms with E-state index in [2.05, 4.69) is 20.5 Å². The Bertz CT molecular complexity index is 1470. The summed E-state index contributed by atoms with van der Waals surface area (Å²) < 4.78 is 30.9. The summed E-state index contributed by atoms with van der Waals surface area (Å²) in [6, 6.07) is 1.27. The van der Waals surface area contributed by atoms with Crippen LogP contribution in [0.5, 0.6) is 0 Å². The number of fused-ring (bicyclic) bond motifs is 1. The van der Waals surface area contributed by atoms with Crippen LogP contribution in [0.15, 0.2) is 12.3 Å². The summed E-state index contributed by atoms with van der Waals surface area (Å²) in [5.74, 6) is -1.28. The third-order valence-corrected chi connectivity index (χ3v) is 7.07. The quantitative estimate of drug-likeness (QED) is 0.383. The van der Waals surface area contributed by atoms with E-state index in [1.54, 1.807) is 29.4 Å². The Kier molecular flexibility index (Phi) is 6.41. The molecule has 2 amide bonds. The number of primary amides is 1. The molecule has 0 saturated carbocycles. The van der Waals surface area contributed by atoms with Crippen LogP contribution in [0.1, 0.15) is 63.1 Å². The van der Waals surface area contributed by atoms with Crippen LogP contribution in [0.25, 0.3) is 21.3 Å². The Labute approximate surface area is 203 Å². The lowest BCUT2D eigenvalue weighted by molar-refractivity contribution is 0.100. The number of carbonyl (C=O) groups is 2. The monoisotopic (exact) mass is 501 g/mol. The van der Waals surface area contributed by atoms with Gasteiger partial charge in [-0.1, -0.05) is 0 Å². The van der Waals surface area contributed by atoms with Crippen LogP contribution in [0, 0.1) is 20.8 Å². The number of hydrogen-bond acceptors (Lipinski definition) is 6. The van der Waals surface area contributed by atoms with Crippen LogP contribution in [0.4, 0.5) is 14.5 Å². The Morgan fingerprint density at radius 2 is 1.80 bits per heavy atom. The number of carbonyl (C=O) groups excluding carboxylic acids is 2. The van der Waals surface area contributed by atoms with Crippen molar-refractivity contribution >= 4 is 39.1 Å². The summed E-state index contributed by atoms with van der Waals surface area (Å²) in [6.07, 6.45) is -1.25. The molecule has 0 fully saturated rings. The molecule has 4 aromatic heterocycles. The van der Waals surface area contributed by atoms with Crippen molar-refractivity contribution in [3.05, 3.63) is 45.5 Å². The van der Waals surface area contributed by atoms with E-state index in [0.717, 1.165) is 17.0 Å². The minimum absolute atomic E-state index is 0.0206. The third kappa shape index (κ3) is 4.07. The molecule has 0 aliphatic rings. The molecule has 0 saturated heterocycles. The Hall–Kier alpha value is -3.67. The summed E-state index contributed by atoms with van der Waals surface area (Å²) in [6.45, 7) is 10.3. The van der Waals surface area contributed by atoms with Crippen molar-refractivity contribution in [3.8, 4) is 11.1 Å². The second-order valence-electron chi connectivity index (χ2n) is 8.02. The fourth-order valence-corrected chi connectivity index (χ4v) is 5.29. The van der Waals surface area contributed by atoms with Gasteiger partial charge in [0, 0.05) is 35.4 Å². The smallest absolute Gasteiger partial charge is 0.280 e. The average molecular weight is 502 g/mol. The molecule has 4 rings (SSSR count). The average Bonchev–Trinajstić information content (AvgIpc) is 3.45. The topological polar surface area (TPSA) is 121 Å². The number of anilines is 1. The zero-order chi connectivity index (χ0) is 25.6. The van der Waals surface area contributed by atoms with Crippen molar-refractivity contribution in [1.29, 1.82) is 0 Å². The first-order valence-electron chi connectivity index (χ1n) is 11.0. The van der Waals surface area contributed by atoms with Crippen molar-refractivity contribution in [3.63, 3.8) is 0 Å². The van der Waals surface area contributed by atoms with Crippen molar-refractivity contribution < 1.29 is 18.4 Å². The highest BCUT2D eigenvalue weighted by Gasteiger charge is 2.28. The number of aryl methyl sites for hydroxylation is 3. The molecule has 4 aromatic rings. The van der Waals surface area contributed by atoms with E-state index >= 15 is 0 Å². The molecule has 35 heavy (non-hydrogen) atoms. The lowest BCUT2D eigenvalue weighted by Gasteiger charge is -2.11. The van der Waals surface area contributed by atoms with Crippen LogP contribution < -0.4 is 11.1 Å². The van der Waals surface area contributed by atoms with E-state index in [1.807, 2.05) is 20.8 Å². The van der Waals surface area contributed by atoms with Crippen LogP contribution >= 0.6 is 11.3 Å². The Morgan fingerprint density at radius 3 is 2.34 bits per heavy atom. The number of aromatic nitrogens is 5. The van der Waals surface area contributed by atoms with Gasteiger partial charge in [-0.3, -0.25) is 19.0 Å². The SMILES string of the molecule is CCn1ncc(-c2cc(C(F)F)nc3sc(C(N)=O)c(NC(=O)c4c(C)nn(CC)c4C)c23)c1C. The van der Waals surface area contributed by atoms with Crippen LogP contribution in [0.3, 0.4) is 0 Å². The number of hydrogen-bond donors (Lipinski definition) is 2. The first-order valence-corrected chi connectivity index (χ1v) is 11.8. The van der Waals surface area contributed by atoms with E-state index in [4.69, 9.17) is 5.73 Å². The first-order chi connectivity index (χ1) is 16.6. The minimum atomic E-state index is -2.83. The van der Waals surface area contributed by atoms with Gasteiger partial charge in [-0.2, -0.15) is 10.2 Å². The van der Waals surface area contributed by atoms with E-state index in [1.165, 1.54) is 6.07 Å². The second-order valence-corrected chi connectivity index (χ2v) is 9.02. The predicted molar refractivity (Wildman–Crippen MR) is 130 cm³/mol. The zero-order valence-electron chi connectivity index (χ0n) is 19.9. The molecule has 9 nitrogen and oxygen atoms in total. The molecular weight excluding hydrogens is 476 g/mol. The first kappa shape index (κ1) is 24.5. The van der Waals surface area contributed by atoms with Crippen LogP contribution in [0.2, 0.25) is 0 Å². The van der Waals surface area contributed by atoms with Crippen LogP contribution in [-0.4, -0.2) is 36.4 Å². The number of rotatable bonds is 7. The number of nitrogens with two attached hydrogens (primary N) is 1. The molecule has 0 aromatic carbocycles. The summed E-state index contributed by atoms with van der Waals surface area (Å²) in [4.78, 5) is 30.0. The number of alkyl halides is 2. The van der Waals surface area contributed by atoms with Gasteiger partial charge in [-0.15, -0.1) is 11.3 Å². The predicted octanol–water partition coefficient (Wildman–Crippen LogP) is 4.61. The minimum Gasteiger partial charge on any atom is -0.365 e. The summed E-state index contributed by atoms with van der Waals surface area (Å²) in [7, 11) is 0. The maximum absolute atomic E-state index is 13.7. The highest BCUT2D eigenvalue weighted by atomic mass is 32.1. The molecule has 0 aliphatic heterocycles. The van der Waals surface area contributed by atoms with Gasteiger partial charge in [0.1, 0.15) is 15.4 Å². The number of halogens is 2. The maximum atomic E-state index is 13.7. The van der Waals surface area contributed by atoms with E-state index < -0.39 is 23.9 Å². The maximum Gasteiger partial charge on any atom is 0.280 e. The Balaban J connectivity index is 1.98. The fourth-order valence-electron chi connectivity index (χ4n) is 4.27. The number of amides is 2. The van der Waals surface area contributed by atoms with Gasteiger partial charge in [-0.25, -0.2) is 13.8 Å². The number of nitrogens with zero attached hydrogens (tertiary/aromatic N) is 5.